The lowest BCUT2D eigenvalue weighted by atomic mass is 10.1. The standard InChI is InChI=1S/C16H18N6O2/c1-10(18-20-16-17-15(24)11(2)19-21-16)12-5-3-6-13(9-12)22-8-4-7-14(22)23/h3,5-6,9H,4,7-8H2,1-2H3,(H2,17,20,21,24)/b18-10-. The molecule has 1 aliphatic rings. The SMILES string of the molecule is C/C(=N/Nc1nnc(C)c(=O)[nH]1)c1cccc(N2CCCC2=O)c1. The van der Waals surface area contributed by atoms with E-state index in [9.17, 15) is 9.59 Å². The Hall–Kier alpha value is -3.03. The Kier molecular flexibility index (Phi) is 4.37. The van der Waals surface area contributed by atoms with E-state index in [0.717, 1.165) is 24.2 Å². The fourth-order valence-corrected chi connectivity index (χ4v) is 2.47. The number of nitrogens with one attached hydrogen (secondary N) is 2. The Morgan fingerprint density at radius 1 is 1.33 bits per heavy atom. The van der Waals surface area contributed by atoms with Crippen molar-refractivity contribution in [1.29, 1.82) is 0 Å². The Balaban J connectivity index is 1.79. The number of benzene rings is 1. The number of hydrazone groups is 1. The zero-order valence-corrected chi connectivity index (χ0v) is 13.5. The number of H-pyrrole nitrogens is 1. The number of aromatic nitrogens is 3. The van der Waals surface area contributed by atoms with Crippen molar-refractivity contribution in [3.63, 3.8) is 0 Å². The highest BCUT2D eigenvalue weighted by Crippen LogP contribution is 2.22. The smallest absolute Gasteiger partial charge is 0.274 e. The van der Waals surface area contributed by atoms with Crippen LogP contribution in [0.15, 0.2) is 34.2 Å². The van der Waals surface area contributed by atoms with Gasteiger partial charge >= 0.3 is 0 Å². The maximum Gasteiger partial charge on any atom is 0.274 e. The molecule has 8 heteroatoms. The molecule has 2 heterocycles. The van der Waals surface area contributed by atoms with E-state index in [4.69, 9.17) is 0 Å². The highest BCUT2D eigenvalue weighted by atomic mass is 16.2. The monoisotopic (exact) mass is 326 g/mol. The number of rotatable bonds is 4. The van der Waals surface area contributed by atoms with E-state index in [1.165, 1.54) is 0 Å². The molecule has 2 aromatic rings. The van der Waals surface area contributed by atoms with Gasteiger partial charge in [-0.2, -0.15) is 5.10 Å². The summed E-state index contributed by atoms with van der Waals surface area (Å²) in [5.74, 6) is 0.322. The minimum Gasteiger partial charge on any atom is -0.312 e. The van der Waals surface area contributed by atoms with Gasteiger partial charge in [0.05, 0.1) is 5.71 Å². The topological polar surface area (TPSA) is 103 Å². The largest absolute Gasteiger partial charge is 0.312 e. The van der Waals surface area contributed by atoms with Gasteiger partial charge in [0.25, 0.3) is 5.56 Å². The van der Waals surface area contributed by atoms with Gasteiger partial charge in [-0.25, -0.2) is 5.43 Å². The van der Waals surface area contributed by atoms with Crippen LogP contribution >= 0.6 is 0 Å². The quantitative estimate of drug-likeness (QED) is 0.653. The van der Waals surface area contributed by atoms with Crippen molar-refractivity contribution < 1.29 is 4.79 Å². The van der Waals surface area contributed by atoms with Crippen LogP contribution in [0.1, 0.15) is 31.0 Å². The molecule has 8 nitrogen and oxygen atoms in total. The van der Waals surface area contributed by atoms with Gasteiger partial charge in [-0.15, -0.1) is 10.2 Å². The van der Waals surface area contributed by atoms with Crippen molar-refractivity contribution in [2.24, 2.45) is 5.10 Å². The lowest BCUT2D eigenvalue weighted by Gasteiger charge is -2.16. The summed E-state index contributed by atoms with van der Waals surface area (Å²) in [5.41, 5.74) is 5.12. The highest BCUT2D eigenvalue weighted by molar-refractivity contribution is 6.01. The first-order valence-corrected chi connectivity index (χ1v) is 7.69. The molecule has 3 rings (SSSR count). The lowest BCUT2D eigenvalue weighted by Crippen LogP contribution is -2.23. The van der Waals surface area contributed by atoms with Crippen LogP contribution in [0.5, 0.6) is 0 Å². The first-order valence-electron chi connectivity index (χ1n) is 7.69. The summed E-state index contributed by atoms with van der Waals surface area (Å²) in [6.45, 7) is 4.16. The Bertz CT molecular complexity index is 858. The molecule has 1 aromatic carbocycles. The van der Waals surface area contributed by atoms with E-state index in [1.807, 2.05) is 31.2 Å². The van der Waals surface area contributed by atoms with Crippen LogP contribution in [0.4, 0.5) is 11.6 Å². The van der Waals surface area contributed by atoms with E-state index >= 15 is 0 Å². The summed E-state index contributed by atoms with van der Waals surface area (Å²) in [5, 5.41) is 11.8. The molecule has 0 bridgehead atoms. The molecule has 2 N–H and O–H groups in total. The molecule has 0 unspecified atom stereocenters. The van der Waals surface area contributed by atoms with Crippen LogP contribution in [0.2, 0.25) is 0 Å². The fraction of sp³-hybridized carbons (Fsp3) is 0.312. The fourth-order valence-electron chi connectivity index (χ4n) is 2.47. The number of carbonyl (C=O) groups excluding carboxylic acids is 1. The number of hydrogen-bond acceptors (Lipinski definition) is 6. The van der Waals surface area contributed by atoms with Gasteiger partial charge in [-0.1, -0.05) is 12.1 Å². The Morgan fingerprint density at radius 2 is 2.17 bits per heavy atom. The number of nitrogens with zero attached hydrogens (tertiary/aromatic N) is 4. The number of aryl methyl sites for hydroxylation is 1. The van der Waals surface area contributed by atoms with Crippen LogP contribution in [0, 0.1) is 6.92 Å². The van der Waals surface area contributed by atoms with Gasteiger partial charge in [-0.05, 0) is 38.0 Å². The van der Waals surface area contributed by atoms with Crippen molar-refractivity contribution in [3.05, 3.63) is 45.9 Å². The zero-order chi connectivity index (χ0) is 17.1. The number of carbonyl (C=O) groups is 1. The first-order chi connectivity index (χ1) is 11.5. The Morgan fingerprint density at radius 3 is 2.88 bits per heavy atom. The molecule has 0 aliphatic carbocycles. The summed E-state index contributed by atoms with van der Waals surface area (Å²) in [6, 6.07) is 7.64. The van der Waals surface area contributed by atoms with Crippen LogP contribution in [0.25, 0.3) is 0 Å². The van der Waals surface area contributed by atoms with Crippen molar-refractivity contribution in [3.8, 4) is 0 Å². The number of anilines is 2. The second kappa shape index (κ2) is 6.61. The van der Waals surface area contributed by atoms with Crippen molar-refractivity contribution in [1.82, 2.24) is 15.2 Å². The van der Waals surface area contributed by atoms with Gasteiger partial charge in [0, 0.05) is 18.7 Å². The van der Waals surface area contributed by atoms with Crippen molar-refractivity contribution in [2.75, 3.05) is 16.9 Å². The van der Waals surface area contributed by atoms with Crippen LogP contribution in [-0.2, 0) is 4.79 Å². The van der Waals surface area contributed by atoms with Crippen LogP contribution in [0.3, 0.4) is 0 Å². The van der Waals surface area contributed by atoms with Gasteiger partial charge in [-0.3, -0.25) is 14.6 Å². The van der Waals surface area contributed by atoms with E-state index in [1.54, 1.807) is 11.8 Å². The second-order valence-corrected chi connectivity index (χ2v) is 5.60. The molecule has 1 aromatic heterocycles. The molecule has 124 valence electrons. The summed E-state index contributed by atoms with van der Waals surface area (Å²) in [7, 11) is 0. The van der Waals surface area contributed by atoms with E-state index in [-0.39, 0.29) is 17.4 Å². The highest BCUT2D eigenvalue weighted by Gasteiger charge is 2.21. The molecule has 24 heavy (non-hydrogen) atoms. The summed E-state index contributed by atoms with van der Waals surface area (Å²) in [6.07, 6.45) is 1.48. The Labute approximate surface area is 138 Å². The minimum atomic E-state index is -0.310. The third-order valence-electron chi connectivity index (χ3n) is 3.84. The average Bonchev–Trinajstić information content (AvgIpc) is 3.02. The normalized spacial score (nSPS) is 15.0. The van der Waals surface area contributed by atoms with Crippen LogP contribution < -0.4 is 15.9 Å². The number of amides is 1. The molecule has 1 saturated heterocycles. The third kappa shape index (κ3) is 3.32. The molecule has 0 radical (unpaired) electrons. The molecule has 0 spiro atoms. The molecule has 0 saturated carbocycles. The second-order valence-electron chi connectivity index (χ2n) is 5.60. The molecular formula is C16H18N6O2. The summed E-state index contributed by atoms with van der Waals surface area (Å²) in [4.78, 5) is 27.7. The van der Waals surface area contributed by atoms with Gasteiger partial charge in [0.1, 0.15) is 5.69 Å². The molecule has 0 atom stereocenters. The number of hydrogen-bond donors (Lipinski definition) is 2. The van der Waals surface area contributed by atoms with Gasteiger partial charge in [0.15, 0.2) is 0 Å². The maximum atomic E-state index is 11.9. The summed E-state index contributed by atoms with van der Waals surface area (Å²) < 4.78 is 0. The first kappa shape index (κ1) is 15.9. The summed E-state index contributed by atoms with van der Waals surface area (Å²) >= 11 is 0. The predicted molar refractivity (Wildman–Crippen MR) is 91.3 cm³/mol. The average molecular weight is 326 g/mol. The van der Waals surface area contributed by atoms with Gasteiger partial charge < -0.3 is 4.90 Å². The molecular weight excluding hydrogens is 308 g/mol. The zero-order valence-electron chi connectivity index (χ0n) is 13.5. The van der Waals surface area contributed by atoms with Crippen LogP contribution in [-0.4, -0.2) is 33.3 Å². The predicted octanol–water partition coefficient (Wildman–Crippen LogP) is 1.44. The van der Waals surface area contributed by atoms with Gasteiger partial charge in [0.2, 0.25) is 11.9 Å². The van der Waals surface area contributed by atoms with E-state index in [2.05, 4.69) is 25.7 Å². The molecule has 1 aliphatic heterocycles. The van der Waals surface area contributed by atoms with E-state index in [0.29, 0.717) is 17.8 Å². The molecule has 1 amide bonds. The number of aromatic amines is 1. The van der Waals surface area contributed by atoms with Crippen molar-refractivity contribution >= 4 is 23.3 Å². The lowest BCUT2D eigenvalue weighted by molar-refractivity contribution is -0.117. The van der Waals surface area contributed by atoms with E-state index < -0.39 is 0 Å². The third-order valence-corrected chi connectivity index (χ3v) is 3.84. The molecule has 1 fully saturated rings. The van der Waals surface area contributed by atoms with Crippen molar-refractivity contribution in [2.45, 2.75) is 26.7 Å². The minimum absolute atomic E-state index is 0.146. The maximum absolute atomic E-state index is 11.9.